The summed E-state index contributed by atoms with van der Waals surface area (Å²) in [6, 6.07) is 0.798. The van der Waals surface area contributed by atoms with Gasteiger partial charge in [-0.25, -0.2) is 0 Å². The maximum absolute atomic E-state index is 12.3. The Morgan fingerprint density at radius 3 is 2.05 bits per heavy atom. The molecule has 2 fully saturated rings. The average molecular weight is 299 g/mol. The van der Waals surface area contributed by atoms with E-state index in [9.17, 15) is 9.59 Å². The number of likely N-dealkylation sites (tertiary alicyclic amines) is 1. The summed E-state index contributed by atoms with van der Waals surface area (Å²) in [5, 5.41) is 0. The van der Waals surface area contributed by atoms with Crippen molar-refractivity contribution in [3.8, 4) is 0 Å². The zero-order valence-electron chi connectivity index (χ0n) is 12.7. The number of amides is 2. The molecule has 114 valence electrons. The molecule has 2 unspecified atom stereocenters. The van der Waals surface area contributed by atoms with Gasteiger partial charge in [0, 0.05) is 20.8 Å². The van der Waals surface area contributed by atoms with Crippen molar-refractivity contribution >= 4 is 20.4 Å². The number of hydrogen-bond donors (Lipinski definition) is 0. The van der Waals surface area contributed by atoms with Crippen molar-refractivity contribution in [2.45, 2.75) is 44.7 Å². The number of carbonyl (C=O) groups is 2. The fraction of sp³-hybridized carbons (Fsp3) is 0.857. The molecule has 2 amide bonds. The van der Waals surface area contributed by atoms with Crippen LogP contribution < -0.4 is 0 Å². The van der Waals surface area contributed by atoms with Gasteiger partial charge in [0.2, 0.25) is 11.8 Å². The largest absolute Gasteiger partial charge is 0.398 e. The van der Waals surface area contributed by atoms with Gasteiger partial charge in [0.15, 0.2) is 0 Å². The van der Waals surface area contributed by atoms with E-state index in [1.165, 1.54) is 4.90 Å². The van der Waals surface area contributed by atoms with Crippen molar-refractivity contribution in [3.63, 3.8) is 0 Å². The van der Waals surface area contributed by atoms with Crippen LogP contribution in [0.4, 0.5) is 0 Å². The first-order valence-electron chi connectivity index (χ1n) is 7.48. The lowest BCUT2D eigenvalue weighted by molar-refractivity contribution is -0.139. The van der Waals surface area contributed by atoms with Gasteiger partial charge in [-0.3, -0.25) is 14.5 Å². The smallest absolute Gasteiger partial charge is 0.334 e. The summed E-state index contributed by atoms with van der Waals surface area (Å²) in [5.74, 6) is 0.0327. The van der Waals surface area contributed by atoms with E-state index in [0.29, 0.717) is 6.54 Å². The van der Waals surface area contributed by atoms with Crippen LogP contribution in [0.5, 0.6) is 0 Å². The topological polar surface area (TPSA) is 55.8 Å². The first-order valence-corrected chi connectivity index (χ1v) is 10.0. The van der Waals surface area contributed by atoms with Crippen LogP contribution in [0.1, 0.15) is 32.1 Å². The van der Waals surface area contributed by atoms with Gasteiger partial charge in [-0.05, 0) is 31.9 Å². The Labute approximate surface area is 121 Å². The van der Waals surface area contributed by atoms with E-state index < -0.39 is 8.56 Å². The number of hydrogen-bond acceptors (Lipinski definition) is 4. The molecule has 0 bridgehead atoms. The van der Waals surface area contributed by atoms with Crippen LogP contribution >= 0.6 is 0 Å². The van der Waals surface area contributed by atoms with Gasteiger partial charge in [-0.2, -0.15) is 0 Å². The van der Waals surface area contributed by atoms with Crippen LogP contribution in [0.2, 0.25) is 12.6 Å². The van der Waals surface area contributed by atoms with Gasteiger partial charge in [0.1, 0.15) is 0 Å². The van der Waals surface area contributed by atoms with Crippen molar-refractivity contribution in [1.82, 2.24) is 4.90 Å². The van der Waals surface area contributed by atoms with Crippen LogP contribution in [0.3, 0.4) is 0 Å². The lowest BCUT2D eigenvalue weighted by Gasteiger charge is -2.23. The Morgan fingerprint density at radius 1 is 1.10 bits per heavy atom. The second-order valence-electron chi connectivity index (χ2n) is 5.97. The highest BCUT2D eigenvalue weighted by Gasteiger charge is 2.47. The minimum absolute atomic E-state index is 0.0373. The molecule has 6 heteroatoms. The van der Waals surface area contributed by atoms with Crippen molar-refractivity contribution in [3.05, 3.63) is 0 Å². The highest BCUT2D eigenvalue weighted by atomic mass is 28.4. The summed E-state index contributed by atoms with van der Waals surface area (Å²) in [6.45, 7) is 2.51. The molecule has 5 nitrogen and oxygen atoms in total. The van der Waals surface area contributed by atoms with Gasteiger partial charge < -0.3 is 8.85 Å². The minimum Gasteiger partial charge on any atom is -0.398 e. The van der Waals surface area contributed by atoms with Crippen molar-refractivity contribution in [2.24, 2.45) is 11.8 Å². The Bertz CT molecular complexity index is 359. The summed E-state index contributed by atoms with van der Waals surface area (Å²) in [6.07, 6.45) is 4.68. The third-order valence-electron chi connectivity index (χ3n) is 4.81. The van der Waals surface area contributed by atoms with Gasteiger partial charge >= 0.3 is 8.56 Å². The predicted molar refractivity (Wildman–Crippen MR) is 77.2 cm³/mol. The van der Waals surface area contributed by atoms with E-state index in [1.807, 2.05) is 6.55 Å². The van der Waals surface area contributed by atoms with Crippen LogP contribution in [-0.4, -0.2) is 46.0 Å². The van der Waals surface area contributed by atoms with E-state index >= 15 is 0 Å². The predicted octanol–water partition coefficient (Wildman–Crippen LogP) is 1.92. The molecule has 0 spiro atoms. The lowest BCUT2D eigenvalue weighted by atomic mass is 9.81. The van der Waals surface area contributed by atoms with Gasteiger partial charge in [-0.15, -0.1) is 0 Å². The molecule has 2 atom stereocenters. The zero-order chi connectivity index (χ0) is 14.8. The summed E-state index contributed by atoms with van der Waals surface area (Å²) in [4.78, 5) is 26.1. The summed E-state index contributed by atoms with van der Waals surface area (Å²) >= 11 is 0. The lowest BCUT2D eigenvalue weighted by Crippen LogP contribution is -2.38. The Balaban J connectivity index is 1.90. The summed E-state index contributed by atoms with van der Waals surface area (Å²) < 4.78 is 10.9. The number of nitrogens with zero attached hydrogens (tertiary/aromatic N) is 1. The number of imide groups is 1. The first-order chi connectivity index (χ1) is 9.52. The molecule has 1 aliphatic carbocycles. The monoisotopic (exact) mass is 299 g/mol. The van der Waals surface area contributed by atoms with Gasteiger partial charge in [0.05, 0.1) is 11.8 Å². The second kappa shape index (κ2) is 6.36. The Hall–Kier alpha value is -0.723. The SMILES string of the molecule is CO[Si](C)(CCCN1C(=O)C2CCCCC2C1=O)OC. The summed E-state index contributed by atoms with van der Waals surface area (Å²) in [5.41, 5.74) is 0. The molecule has 0 aromatic rings. The summed E-state index contributed by atoms with van der Waals surface area (Å²) in [7, 11) is 1.23. The maximum Gasteiger partial charge on any atom is 0.334 e. The molecule has 0 aromatic heterocycles. The highest BCUT2D eigenvalue weighted by Crippen LogP contribution is 2.38. The van der Waals surface area contributed by atoms with Gasteiger partial charge in [0.25, 0.3) is 0 Å². The quantitative estimate of drug-likeness (QED) is 0.555. The molecule has 2 aliphatic rings. The van der Waals surface area contributed by atoms with Crippen LogP contribution in [-0.2, 0) is 18.4 Å². The molecule has 0 N–H and O–H groups in total. The van der Waals surface area contributed by atoms with E-state index in [-0.39, 0.29) is 23.7 Å². The first kappa shape index (κ1) is 15.7. The van der Waals surface area contributed by atoms with E-state index in [2.05, 4.69) is 0 Å². The second-order valence-corrected chi connectivity index (χ2v) is 9.56. The van der Waals surface area contributed by atoms with Crippen LogP contribution in [0, 0.1) is 11.8 Å². The molecular formula is C14H25NO4Si. The standard InChI is InChI=1S/C14H25NO4Si/c1-18-20(3,19-2)10-6-9-15-13(16)11-7-4-5-8-12(11)14(15)17/h11-12H,4-10H2,1-3H3. The van der Waals surface area contributed by atoms with Crippen molar-refractivity contribution in [1.29, 1.82) is 0 Å². The Kier molecular flexibility index (Phi) is 4.98. The van der Waals surface area contributed by atoms with Gasteiger partial charge in [-0.1, -0.05) is 12.8 Å². The number of carbonyl (C=O) groups excluding carboxylic acids is 2. The third-order valence-corrected chi connectivity index (χ3v) is 7.80. The molecular weight excluding hydrogens is 274 g/mol. The molecule has 1 saturated carbocycles. The maximum atomic E-state index is 12.3. The number of rotatable bonds is 6. The molecule has 0 aromatic carbocycles. The highest BCUT2D eigenvalue weighted by molar-refractivity contribution is 6.65. The fourth-order valence-corrected chi connectivity index (χ4v) is 4.67. The fourth-order valence-electron chi connectivity index (χ4n) is 3.30. The van der Waals surface area contributed by atoms with Crippen LogP contribution in [0.15, 0.2) is 0 Å². The average Bonchev–Trinajstić information content (AvgIpc) is 2.72. The Morgan fingerprint density at radius 2 is 1.60 bits per heavy atom. The molecule has 20 heavy (non-hydrogen) atoms. The molecule has 1 saturated heterocycles. The normalized spacial score (nSPS) is 27.1. The van der Waals surface area contributed by atoms with Crippen LogP contribution in [0.25, 0.3) is 0 Å². The molecule has 1 aliphatic heterocycles. The third kappa shape index (κ3) is 2.97. The van der Waals surface area contributed by atoms with Crippen molar-refractivity contribution < 1.29 is 18.4 Å². The number of fused-ring (bicyclic) bond motifs is 1. The van der Waals surface area contributed by atoms with E-state index in [4.69, 9.17) is 8.85 Å². The minimum atomic E-state index is -2.10. The van der Waals surface area contributed by atoms with E-state index in [1.54, 1.807) is 14.2 Å². The molecule has 0 radical (unpaired) electrons. The molecule has 1 heterocycles. The van der Waals surface area contributed by atoms with Crippen molar-refractivity contribution in [2.75, 3.05) is 20.8 Å². The van der Waals surface area contributed by atoms with E-state index in [0.717, 1.165) is 38.1 Å². The zero-order valence-corrected chi connectivity index (χ0v) is 13.7. The molecule has 2 rings (SSSR count).